The molecule has 2 aromatic carbocycles. The minimum Gasteiger partial charge on any atom is -0.481 e. The first-order valence-corrected chi connectivity index (χ1v) is 7.19. The maximum atomic E-state index is 11.3. The number of rotatable bonds is 5. The van der Waals surface area contributed by atoms with Gasteiger partial charge in [0.2, 0.25) is 0 Å². The molecule has 0 amide bonds. The van der Waals surface area contributed by atoms with Crippen molar-refractivity contribution in [1.29, 1.82) is 0 Å². The molecule has 0 aliphatic carbocycles. The number of carboxylic acid groups (broad SMARTS) is 1. The van der Waals surface area contributed by atoms with Crippen LogP contribution in [0.1, 0.15) is 18.9 Å². The van der Waals surface area contributed by atoms with Crippen LogP contribution in [0.25, 0.3) is 10.8 Å². The minimum atomic E-state index is -1.05. The van der Waals surface area contributed by atoms with Gasteiger partial charge < -0.3 is 5.11 Å². The predicted molar refractivity (Wildman–Crippen MR) is 81.8 cm³/mol. The van der Waals surface area contributed by atoms with Crippen molar-refractivity contribution in [3.63, 3.8) is 0 Å². The fraction of sp³-hybridized carbons (Fsp3) is 0.250. The van der Waals surface area contributed by atoms with E-state index in [4.69, 9.17) is 5.11 Å². The number of hydrogen-bond donors (Lipinski definition) is 1. The van der Waals surface area contributed by atoms with Crippen LogP contribution in [0.15, 0.2) is 40.9 Å². The third-order valence-corrected chi connectivity index (χ3v) is 4.37. The van der Waals surface area contributed by atoms with Crippen molar-refractivity contribution in [2.45, 2.75) is 19.8 Å². The van der Waals surface area contributed by atoms with Crippen LogP contribution >= 0.6 is 15.9 Å². The highest BCUT2D eigenvalue weighted by Gasteiger charge is 2.22. The lowest BCUT2D eigenvalue weighted by Gasteiger charge is -2.11. The highest BCUT2D eigenvalue weighted by atomic mass is 79.9. The van der Waals surface area contributed by atoms with E-state index in [-0.39, 0.29) is 5.78 Å². The zero-order valence-electron chi connectivity index (χ0n) is 11.1. The van der Waals surface area contributed by atoms with Gasteiger partial charge in [0, 0.05) is 4.47 Å². The number of halogens is 1. The van der Waals surface area contributed by atoms with E-state index in [9.17, 15) is 9.59 Å². The maximum Gasteiger partial charge on any atom is 0.314 e. The molecular formula is C16H15BrO3. The number of fused-ring (bicyclic) bond motifs is 1. The molecule has 104 valence electrons. The van der Waals surface area contributed by atoms with Gasteiger partial charge in [0.1, 0.15) is 11.7 Å². The number of ketones is 1. The number of aliphatic carboxylic acids is 1. The van der Waals surface area contributed by atoms with Gasteiger partial charge in [-0.25, -0.2) is 0 Å². The number of carbonyl (C=O) groups is 2. The molecule has 2 aromatic rings. The van der Waals surface area contributed by atoms with E-state index in [2.05, 4.69) is 15.9 Å². The Kier molecular flexibility index (Phi) is 4.55. The fourth-order valence-electron chi connectivity index (χ4n) is 2.27. The highest BCUT2D eigenvalue weighted by Crippen LogP contribution is 2.29. The molecule has 20 heavy (non-hydrogen) atoms. The summed E-state index contributed by atoms with van der Waals surface area (Å²) in [6, 6.07) is 12.0. The van der Waals surface area contributed by atoms with E-state index >= 15 is 0 Å². The Bertz CT molecular complexity index is 650. The molecule has 3 nitrogen and oxygen atoms in total. The molecule has 4 heteroatoms. The Hall–Kier alpha value is -1.68. The Labute approximate surface area is 125 Å². The number of benzene rings is 2. The van der Waals surface area contributed by atoms with Crippen LogP contribution < -0.4 is 0 Å². The van der Waals surface area contributed by atoms with E-state index in [1.54, 1.807) is 0 Å². The molecule has 1 N–H and O–H groups in total. The van der Waals surface area contributed by atoms with Crippen LogP contribution in [-0.2, 0) is 16.0 Å². The highest BCUT2D eigenvalue weighted by molar-refractivity contribution is 9.10. The van der Waals surface area contributed by atoms with Gasteiger partial charge in [0.15, 0.2) is 0 Å². The second-order valence-electron chi connectivity index (χ2n) is 4.80. The van der Waals surface area contributed by atoms with Crippen molar-refractivity contribution >= 4 is 38.5 Å². The van der Waals surface area contributed by atoms with Crippen molar-refractivity contribution in [1.82, 2.24) is 0 Å². The second kappa shape index (κ2) is 6.18. The van der Waals surface area contributed by atoms with Crippen molar-refractivity contribution in [2.24, 2.45) is 5.92 Å². The van der Waals surface area contributed by atoms with Gasteiger partial charge in [-0.05, 0) is 52.0 Å². The molecule has 0 aliphatic heterocycles. The lowest BCUT2D eigenvalue weighted by molar-refractivity contribution is -0.145. The summed E-state index contributed by atoms with van der Waals surface area (Å²) in [6.07, 6.45) is 0.879. The van der Waals surface area contributed by atoms with Gasteiger partial charge in [-0.2, -0.15) is 0 Å². The summed E-state index contributed by atoms with van der Waals surface area (Å²) in [5.74, 6) is -2.27. The van der Waals surface area contributed by atoms with Crippen LogP contribution in [0.4, 0.5) is 0 Å². The zero-order chi connectivity index (χ0) is 14.7. The SMILES string of the molecule is CC(=O)C(CCc1ccc2ccccc2c1Br)C(=O)O. The van der Waals surface area contributed by atoms with E-state index in [0.717, 1.165) is 20.8 Å². The molecule has 0 radical (unpaired) electrons. The van der Waals surface area contributed by atoms with Crippen LogP contribution in [-0.4, -0.2) is 16.9 Å². The summed E-state index contributed by atoms with van der Waals surface area (Å²) in [5, 5.41) is 11.3. The monoisotopic (exact) mass is 334 g/mol. The van der Waals surface area contributed by atoms with Crippen LogP contribution in [0, 0.1) is 5.92 Å². The van der Waals surface area contributed by atoms with E-state index < -0.39 is 11.9 Å². The molecule has 1 atom stereocenters. The molecular weight excluding hydrogens is 320 g/mol. The smallest absolute Gasteiger partial charge is 0.314 e. The van der Waals surface area contributed by atoms with Gasteiger partial charge in [-0.1, -0.05) is 36.4 Å². The normalized spacial score (nSPS) is 12.3. The topological polar surface area (TPSA) is 54.4 Å². The van der Waals surface area contributed by atoms with Gasteiger partial charge in [0.05, 0.1) is 0 Å². The zero-order valence-corrected chi connectivity index (χ0v) is 12.7. The number of carbonyl (C=O) groups excluding carboxylic acids is 1. The quantitative estimate of drug-likeness (QED) is 0.845. The number of carboxylic acids is 1. The summed E-state index contributed by atoms with van der Waals surface area (Å²) in [7, 11) is 0. The summed E-state index contributed by atoms with van der Waals surface area (Å²) < 4.78 is 0.975. The summed E-state index contributed by atoms with van der Waals surface area (Å²) in [6.45, 7) is 1.33. The van der Waals surface area contributed by atoms with E-state index in [1.165, 1.54) is 6.92 Å². The lowest BCUT2D eigenvalue weighted by Crippen LogP contribution is -2.22. The fourth-order valence-corrected chi connectivity index (χ4v) is 2.96. The number of aryl methyl sites for hydroxylation is 1. The Morgan fingerprint density at radius 3 is 2.55 bits per heavy atom. The molecule has 0 saturated heterocycles. The van der Waals surface area contributed by atoms with Crippen molar-refractivity contribution in [3.8, 4) is 0 Å². The lowest BCUT2D eigenvalue weighted by atomic mass is 9.95. The number of hydrogen-bond acceptors (Lipinski definition) is 2. The van der Waals surface area contributed by atoms with E-state index in [0.29, 0.717) is 12.8 Å². The molecule has 0 fully saturated rings. The molecule has 2 rings (SSSR count). The number of Topliss-reactive ketones (excluding diaryl/α,β-unsaturated/α-hetero) is 1. The minimum absolute atomic E-state index is 0.297. The molecule has 0 saturated carbocycles. The summed E-state index contributed by atoms with van der Waals surface area (Å²) >= 11 is 3.57. The molecule has 0 bridgehead atoms. The van der Waals surface area contributed by atoms with Crippen LogP contribution in [0.3, 0.4) is 0 Å². The first-order chi connectivity index (χ1) is 9.50. The third kappa shape index (κ3) is 3.07. The summed E-state index contributed by atoms with van der Waals surface area (Å²) in [4.78, 5) is 22.3. The first kappa shape index (κ1) is 14.7. The van der Waals surface area contributed by atoms with E-state index in [1.807, 2.05) is 36.4 Å². The van der Waals surface area contributed by atoms with Crippen molar-refractivity contribution in [3.05, 3.63) is 46.4 Å². The van der Waals surface area contributed by atoms with Gasteiger partial charge in [0.25, 0.3) is 0 Å². The molecule has 0 aliphatic rings. The van der Waals surface area contributed by atoms with Crippen molar-refractivity contribution in [2.75, 3.05) is 0 Å². The Morgan fingerprint density at radius 1 is 1.20 bits per heavy atom. The standard InChI is InChI=1S/C16H15BrO3/c1-10(18)13(16(19)20)9-8-12-7-6-11-4-2-3-5-14(11)15(12)17/h2-7,13H,8-9H2,1H3,(H,19,20). The third-order valence-electron chi connectivity index (χ3n) is 3.43. The van der Waals surface area contributed by atoms with Gasteiger partial charge >= 0.3 is 5.97 Å². The Balaban J connectivity index is 2.24. The average molecular weight is 335 g/mol. The average Bonchev–Trinajstić information content (AvgIpc) is 2.41. The molecule has 0 aromatic heterocycles. The van der Waals surface area contributed by atoms with Gasteiger partial charge in [-0.3, -0.25) is 9.59 Å². The Morgan fingerprint density at radius 2 is 1.90 bits per heavy atom. The molecule has 1 unspecified atom stereocenters. The maximum absolute atomic E-state index is 11.3. The predicted octanol–water partition coefficient (Wildman–Crippen LogP) is 3.82. The summed E-state index contributed by atoms with van der Waals surface area (Å²) in [5.41, 5.74) is 1.02. The first-order valence-electron chi connectivity index (χ1n) is 6.40. The molecule has 0 heterocycles. The second-order valence-corrected chi connectivity index (χ2v) is 5.59. The van der Waals surface area contributed by atoms with Crippen LogP contribution in [0.2, 0.25) is 0 Å². The largest absolute Gasteiger partial charge is 0.481 e. The van der Waals surface area contributed by atoms with Gasteiger partial charge in [-0.15, -0.1) is 0 Å². The molecule has 0 spiro atoms. The van der Waals surface area contributed by atoms with Crippen molar-refractivity contribution < 1.29 is 14.7 Å². The van der Waals surface area contributed by atoms with Crippen LogP contribution in [0.5, 0.6) is 0 Å².